The molecule has 0 fully saturated rings. The zero-order valence-corrected chi connectivity index (χ0v) is 16.0. The molecule has 2 aromatic rings. The van der Waals surface area contributed by atoms with Crippen LogP contribution in [0.5, 0.6) is 11.5 Å². The Kier molecular flexibility index (Phi) is 6.21. The van der Waals surface area contributed by atoms with Crippen LogP contribution in [0.25, 0.3) is 0 Å². The Bertz CT molecular complexity index is 884. The fourth-order valence-corrected chi connectivity index (χ4v) is 4.12. The van der Waals surface area contributed by atoms with E-state index < -0.39 is 10.0 Å². The lowest BCUT2D eigenvalue weighted by Crippen LogP contribution is -2.31. The summed E-state index contributed by atoms with van der Waals surface area (Å²) in [4.78, 5) is 0.0306. The Morgan fingerprint density at radius 1 is 1.08 bits per heavy atom. The molecular formula is C17H17Cl2NO4S. The summed E-state index contributed by atoms with van der Waals surface area (Å²) in [6.07, 6.45) is 1.47. The molecule has 0 radical (unpaired) electrons. The second-order valence-electron chi connectivity index (χ2n) is 4.94. The Morgan fingerprint density at radius 2 is 1.76 bits per heavy atom. The van der Waals surface area contributed by atoms with Gasteiger partial charge in [-0.15, -0.1) is 6.58 Å². The van der Waals surface area contributed by atoms with E-state index in [9.17, 15) is 8.42 Å². The van der Waals surface area contributed by atoms with Crippen molar-refractivity contribution in [3.63, 3.8) is 0 Å². The fourth-order valence-electron chi connectivity index (χ4n) is 2.22. The lowest BCUT2D eigenvalue weighted by atomic mass is 10.3. The van der Waals surface area contributed by atoms with Gasteiger partial charge < -0.3 is 9.47 Å². The first-order valence-electron chi connectivity index (χ1n) is 7.16. The molecule has 0 saturated heterocycles. The summed E-state index contributed by atoms with van der Waals surface area (Å²) in [5.74, 6) is 0.733. The molecule has 0 bridgehead atoms. The van der Waals surface area contributed by atoms with Gasteiger partial charge in [-0.25, -0.2) is 8.42 Å². The third-order valence-corrected chi connectivity index (χ3v) is 5.75. The third-order valence-electron chi connectivity index (χ3n) is 3.41. The molecule has 0 aromatic heterocycles. The largest absolute Gasteiger partial charge is 0.493 e. The van der Waals surface area contributed by atoms with Crippen LogP contribution in [0.4, 0.5) is 5.69 Å². The summed E-state index contributed by atoms with van der Waals surface area (Å²) < 4.78 is 37.7. The van der Waals surface area contributed by atoms with Gasteiger partial charge in [0.15, 0.2) is 11.5 Å². The number of hydrogen-bond donors (Lipinski definition) is 0. The summed E-state index contributed by atoms with van der Waals surface area (Å²) in [5.41, 5.74) is 0.267. The molecule has 0 spiro atoms. The number of hydrogen-bond acceptors (Lipinski definition) is 4. The highest BCUT2D eigenvalue weighted by molar-refractivity contribution is 7.92. The maximum Gasteiger partial charge on any atom is 0.264 e. The summed E-state index contributed by atoms with van der Waals surface area (Å²) in [5, 5.41) is 0.631. The lowest BCUT2D eigenvalue weighted by molar-refractivity contribution is 0.354. The van der Waals surface area contributed by atoms with Crippen molar-refractivity contribution in [2.75, 3.05) is 25.1 Å². The van der Waals surface area contributed by atoms with E-state index in [0.29, 0.717) is 16.5 Å². The molecule has 8 heteroatoms. The first kappa shape index (κ1) is 19.4. The van der Waals surface area contributed by atoms with Gasteiger partial charge in [-0.3, -0.25) is 4.31 Å². The average Bonchev–Trinajstić information content (AvgIpc) is 2.61. The smallest absolute Gasteiger partial charge is 0.264 e. The SMILES string of the molecule is C=CCN(c1cc(Cl)ccc1Cl)S(=O)(=O)c1ccc(OC)c(OC)c1. The van der Waals surface area contributed by atoms with Gasteiger partial charge >= 0.3 is 0 Å². The van der Waals surface area contributed by atoms with E-state index in [1.165, 1.54) is 44.6 Å². The van der Waals surface area contributed by atoms with Crippen LogP contribution in [0.2, 0.25) is 10.0 Å². The monoisotopic (exact) mass is 401 g/mol. The van der Waals surface area contributed by atoms with E-state index in [-0.39, 0.29) is 22.2 Å². The minimum Gasteiger partial charge on any atom is -0.493 e. The van der Waals surface area contributed by atoms with E-state index in [4.69, 9.17) is 32.7 Å². The minimum atomic E-state index is -3.93. The molecule has 0 aliphatic rings. The predicted octanol–water partition coefficient (Wildman–Crippen LogP) is 4.39. The zero-order valence-electron chi connectivity index (χ0n) is 13.7. The second-order valence-corrected chi connectivity index (χ2v) is 7.64. The van der Waals surface area contributed by atoms with Gasteiger partial charge in [0, 0.05) is 11.1 Å². The van der Waals surface area contributed by atoms with Crippen molar-refractivity contribution >= 4 is 38.9 Å². The van der Waals surface area contributed by atoms with Crippen LogP contribution in [0.15, 0.2) is 53.9 Å². The van der Waals surface area contributed by atoms with Gasteiger partial charge in [0.2, 0.25) is 0 Å². The molecular weight excluding hydrogens is 385 g/mol. The van der Waals surface area contributed by atoms with Crippen molar-refractivity contribution in [2.45, 2.75) is 4.90 Å². The van der Waals surface area contributed by atoms with Gasteiger partial charge in [-0.2, -0.15) is 0 Å². The van der Waals surface area contributed by atoms with E-state index in [1.807, 2.05) is 0 Å². The summed E-state index contributed by atoms with van der Waals surface area (Å²) in [6.45, 7) is 3.64. The van der Waals surface area contributed by atoms with Crippen molar-refractivity contribution in [3.05, 3.63) is 59.1 Å². The van der Waals surface area contributed by atoms with Crippen LogP contribution in [-0.4, -0.2) is 29.2 Å². The van der Waals surface area contributed by atoms with E-state index in [1.54, 1.807) is 12.1 Å². The van der Waals surface area contributed by atoms with Crippen molar-refractivity contribution in [1.29, 1.82) is 0 Å². The molecule has 0 saturated carbocycles. The fraction of sp³-hybridized carbons (Fsp3) is 0.176. The van der Waals surface area contributed by atoms with E-state index in [2.05, 4.69) is 6.58 Å². The third kappa shape index (κ3) is 4.03. The molecule has 2 aromatic carbocycles. The van der Waals surface area contributed by atoms with Crippen molar-refractivity contribution in [3.8, 4) is 11.5 Å². The predicted molar refractivity (Wildman–Crippen MR) is 101 cm³/mol. The standard InChI is InChI=1S/C17H17Cl2NO4S/c1-4-9-20(15-10-12(18)5-7-14(15)19)25(21,22)13-6-8-16(23-2)17(11-13)24-3/h4-8,10-11H,1,9H2,2-3H3. The van der Waals surface area contributed by atoms with Crippen molar-refractivity contribution < 1.29 is 17.9 Å². The first-order chi connectivity index (χ1) is 11.8. The minimum absolute atomic E-state index is 0.0245. The van der Waals surface area contributed by atoms with E-state index in [0.717, 1.165) is 4.31 Å². The van der Waals surface area contributed by atoms with Crippen LogP contribution < -0.4 is 13.8 Å². The number of rotatable bonds is 7. The Labute approximate surface area is 157 Å². The molecule has 0 aliphatic carbocycles. The molecule has 0 amide bonds. The van der Waals surface area contributed by atoms with Crippen LogP contribution in [0.3, 0.4) is 0 Å². The Morgan fingerprint density at radius 3 is 2.36 bits per heavy atom. The molecule has 0 unspecified atom stereocenters. The number of sulfonamides is 1. The Balaban J connectivity index is 2.60. The van der Waals surface area contributed by atoms with Gasteiger partial charge in [-0.05, 0) is 30.3 Å². The van der Waals surface area contributed by atoms with Crippen molar-refractivity contribution in [2.24, 2.45) is 0 Å². The summed E-state index contributed by atoms with van der Waals surface area (Å²) in [6, 6.07) is 8.97. The number of nitrogens with zero attached hydrogens (tertiary/aromatic N) is 1. The van der Waals surface area contributed by atoms with Crippen LogP contribution in [0.1, 0.15) is 0 Å². The van der Waals surface area contributed by atoms with Crippen LogP contribution in [-0.2, 0) is 10.0 Å². The van der Waals surface area contributed by atoms with Crippen LogP contribution >= 0.6 is 23.2 Å². The lowest BCUT2D eigenvalue weighted by Gasteiger charge is -2.24. The van der Waals surface area contributed by atoms with Gasteiger partial charge in [0.05, 0.1) is 36.4 Å². The topological polar surface area (TPSA) is 55.8 Å². The van der Waals surface area contributed by atoms with Crippen molar-refractivity contribution in [1.82, 2.24) is 0 Å². The summed E-state index contributed by atoms with van der Waals surface area (Å²) in [7, 11) is -1.02. The number of halogens is 2. The molecule has 134 valence electrons. The molecule has 0 N–H and O–H groups in total. The highest BCUT2D eigenvalue weighted by atomic mass is 35.5. The first-order valence-corrected chi connectivity index (χ1v) is 9.35. The maximum atomic E-state index is 13.1. The molecule has 5 nitrogen and oxygen atoms in total. The highest BCUT2D eigenvalue weighted by Gasteiger charge is 2.27. The number of methoxy groups -OCH3 is 2. The average molecular weight is 402 g/mol. The molecule has 25 heavy (non-hydrogen) atoms. The molecule has 0 atom stereocenters. The van der Waals surface area contributed by atoms with Gasteiger partial charge in [0.1, 0.15) is 0 Å². The van der Waals surface area contributed by atoms with E-state index >= 15 is 0 Å². The van der Waals surface area contributed by atoms with Gasteiger partial charge in [-0.1, -0.05) is 29.3 Å². The quantitative estimate of drug-likeness (QED) is 0.645. The molecule has 0 aliphatic heterocycles. The molecule has 0 heterocycles. The van der Waals surface area contributed by atoms with Gasteiger partial charge in [0.25, 0.3) is 10.0 Å². The number of ether oxygens (including phenoxy) is 2. The summed E-state index contributed by atoms with van der Waals surface area (Å²) >= 11 is 12.2. The Hall–Kier alpha value is -1.89. The molecule has 2 rings (SSSR count). The highest BCUT2D eigenvalue weighted by Crippen LogP contribution is 2.35. The number of anilines is 1. The zero-order chi connectivity index (χ0) is 18.6. The second kappa shape index (κ2) is 7.99. The maximum absolute atomic E-state index is 13.1. The number of benzene rings is 2. The van der Waals surface area contributed by atoms with Crippen LogP contribution in [0, 0.1) is 0 Å². The normalized spacial score (nSPS) is 11.0.